The molecule has 4 heteroatoms. The Morgan fingerprint density at radius 3 is 3.00 bits per heavy atom. The van der Waals surface area contributed by atoms with Crippen molar-refractivity contribution in [1.82, 2.24) is 15.3 Å². The lowest BCUT2D eigenvalue weighted by atomic mass is 9.97. The predicted octanol–water partition coefficient (Wildman–Crippen LogP) is 2.80. The van der Waals surface area contributed by atoms with Crippen molar-refractivity contribution in [2.75, 3.05) is 6.54 Å². The van der Waals surface area contributed by atoms with E-state index >= 15 is 0 Å². The first-order valence-corrected chi connectivity index (χ1v) is 7.21. The van der Waals surface area contributed by atoms with Gasteiger partial charge in [-0.15, -0.1) is 0 Å². The highest BCUT2D eigenvalue weighted by molar-refractivity contribution is 5.50. The van der Waals surface area contributed by atoms with Gasteiger partial charge in [0.25, 0.3) is 0 Å². The zero-order valence-electron chi connectivity index (χ0n) is 12.0. The maximum atomic E-state index is 10.2. The van der Waals surface area contributed by atoms with E-state index in [2.05, 4.69) is 29.1 Å². The molecule has 0 amide bonds. The first-order valence-electron chi connectivity index (χ1n) is 7.21. The summed E-state index contributed by atoms with van der Waals surface area (Å²) >= 11 is 0. The number of benzene rings is 1. The van der Waals surface area contributed by atoms with Crippen molar-refractivity contribution in [1.29, 1.82) is 0 Å². The second-order valence-corrected chi connectivity index (χ2v) is 5.66. The quantitative estimate of drug-likeness (QED) is 0.801. The molecule has 2 atom stereocenters. The molecule has 20 heavy (non-hydrogen) atoms. The van der Waals surface area contributed by atoms with Crippen LogP contribution in [0.25, 0.3) is 0 Å². The summed E-state index contributed by atoms with van der Waals surface area (Å²) in [5.74, 6) is 1.92. The van der Waals surface area contributed by atoms with Crippen LogP contribution in [0.4, 0.5) is 0 Å². The molecular weight excluding hydrogens is 250 g/mol. The lowest BCUT2D eigenvalue weighted by Gasteiger charge is -2.15. The van der Waals surface area contributed by atoms with E-state index < -0.39 is 0 Å². The van der Waals surface area contributed by atoms with Crippen LogP contribution in [0.15, 0.2) is 24.5 Å². The summed E-state index contributed by atoms with van der Waals surface area (Å²) in [4.78, 5) is 7.34. The fraction of sp³-hybridized carbons (Fsp3) is 0.438. The third-order valence-corrected chi connectivity index (χ3v) is 4.22. The van der Waals surface area contributed by atoms with Crippen molar-refractivity contribution in [3.8, 4) is 5.75 Å². The number of phenolic OH excluding ortho intramolecular Hbond substituents is 1. The molecule has 106 valence electrons. The van der Waals surface area contributed by atoms with Crippen molar-refractivity contribution in [2.24, 2.45) is 0 Å². The van der Waals surface area contributed by atoms with Gasteiger partial charge < -0.3 is 15.4 Å². The monoisotopic (exact) mass is 271 g/mol. The highest BCUT2D eigenvalue weighted by Gasteiger charge is 2.31. The van der Waals surface area contributed by atoms with E-state index in [4.69, 9.17) is 0 Å². The second kappa shape index (κ2) is 5.29. The average Bonchev–Trinajstić information content (AvgIpc) is 3.03. The normalized spacial score (nSPS) is 21.1. The van der Waals surface area contributed by atoms with Gasteiger partial charge >= 0.3 is 0 Å². The number of nitrogens with one attached hydrogen (secondary N) is 2. The maximum absolute atomic E-state index is 10.2. The molecule has 2 aromatic rings. The van der Waals surface area contributed by atoms with Crippen LogP contribution in [0.2, 0.25) is 0 Å². The molecule has 0 radical (unpaired) electrons. The smallest absolute Gasteiger partial charge is 0.120 e. The molecule has 3 rings (SSSR count). The Bertz CT molecular complexity index is 592. The SMILES string of the molecule is Cc1ccc(O)c2c1C(C)CC2NCCc1ncc[nH]1. The molecule has 0 saturated heterocycles. The lowest BCUT2D eigenvalue weighted by molar-refractivity contribution is 0.446. The number of imidazole rings is 1. The van der Waals surface area contributed by atoms with Crippen LogP contribution >= 0.6 is 0 Å². The first kappa shape index (κ1) is 13.2. The van der Waals surface area contributed by atoms with E-state index in [1.54, 1.807) is 6.20 Å². The highest BCUT2D eigenvalue weighted by Crippen LogP contribution is 2.45. The molecule has 1 aliphatic rings. The minimum absolute atomic E-state index is 0.245. The fourth-order valence-electron chi connectivity index (χ4n) is 3.33. The van der Waals surface area contributed by atoms with E-state index in [9.17, 15) is 5.11 Å². The summed E-state index contributed by atoms with van der Waals surface area (Å²) in [5, 5.41) is 13.7. The number of aromatic nitrogens is 2. The molecule has 1 aromatic heterocycles. The minimum atomic E-state index is 0.245. The van der Waals surface area contributed by atoms with Crippen LogP contribution in [0.3, 0.4) is 0 Å². The molecule has 0 saturated carbocycles. The first-order chi connectivity index (χ1) is 9.66. The Morgan fingerprint density at radius 1 is 1.40 bits per heavy atom. The minimum Gasteiger partial charge on any atom is -0.508 e. The van der Waals surface area contributed by atoms with Gasteiger partial charge in [-0.25, -0.2) is 4.98 Å². The Labute approximate surface area is 119 Å². The van der Waals surface area contributed by atoms with Crippen LogP contribution in [-0.4, -0.2) is 21.6 Å². The van der Waals surface area contributed by atoms with Crippen LogP contribution in [-0.2, 0) is 6.42 Å². The van der Waals surface area contributed by atoms with Gasteiger partial charge in [-0.3, -0.25) is 0 Å². The molecule has 1 heterocycles. The summed E-state index contributed by atoms with van der Waals surface area (Å²) in [6.07, 6.45) is 5.54. The molecule has 1 aromatic carbocycles. The third kappa shape index (κ3) is 2.31. The zero-order valence-corrected chi connectivity index (χ0v) is 12.0. The average molecular weight is 271 g/mol. The molecule has 1 aliphatic carbocycles. The molecule has 3 N–H and O–H groups in total. The largest absolute Gasteiger partial charge is 0.508 e. The molecule has 0 bridgehead atoms. The van der Waals surface area contributed by atoms with Gasteiger partial charge in [0.05, 0.1) is 0 Å². The van der Waals surface area contributed by atoms with Crippen molar-refractivity contribution in [3.63, 3.8) is 0 Å². The Hall–Kier alpha value is -1.81. The molecule has 0 spiro atoms. The summed E-state index contributed by atoms with van der Waals surface area (Å²) in [6, 6.07) is 4.07. The van der Waals surface area contributed by atoms with Gasteiger partial charge in [0, 0.05) is 37.0 Å². The predicted molar refractivity (Wildman–Crippen MR) is 78.9 cm³/mol. The van der Waals surface area contributed by atoms with Gasteiger partial charge in [-0.1, -0.05) is 13.0 Å². The van der Waals surface area contributed by atoms with Gasteiger partial charge in [-0.2, -0.15) is 0 Å². The van der Waals surface area contributed by atoms with Crippen molar-refractivity contribution in [2.45, 2.75) is 38.6 Å². The van der Waals surface area contributed by atoms with Gasteiger partial charge in [0.1, 0.15) is 11.6 Å². The Morgan fingerprint density at radius 2 is 2.25 bits per heavy atom. The number of aromatic amines is 1. The number of H-pyrrole nitrogens is 1. The van der Waals surface area contributed by atoms with Gasteiger partial charge in [-0.05, 0) is 36.5 Å². The second-order valence-electron chi connectivity index (χ2n) is 5.66. The summed E-state index contributed by atoms with van der Waals surface area (Å²) < 4.78 is 0. The summed E-state index contributed by atoms with van der Waals surface area (Å²) in [6.45, 7) is 5.22. The number of hydrogen-bond donors (Lipinski definition) is 3. The number of rotatable bonds is 4. The molecule has 0 aliphatic heterocycles. The van der Waals surface area contributed by atoms with Crippen LogP contribution in [0.1, 0.15) is 47.8 Å². The Kier molecular flexibility index (Phi) is 3.49. The third-order valence-electron chi connectivity index (χ3n) is 4.22. The van der Waals surface area contributed by atoms with Crippen LogP contribution in [0, 0.1) is 6.92 Å². The number of nitrogens with zero attached hydrogens (tertiary/aromatic N) is 1. The van der Waals surface area contributed by atoms with E-state index in [1.165, 1.54) is 11.1 Å². The molecule has 0 fully saturated rings. The zero-order chi connectivity index (χ0) is 14.1. The van der Waals surface area contributed by atoms with E-state index in [1.807, 2.05) is 18.3 Å². The van der Waals surface area contributed by atoms with Crippen molar-refractivity contribution in [3.05, 3.63) is 47.0 Å². The van der Waals surface area contributed by atoms with Gasteiger partial charge in [0.15, 0.2) is 0 Å². The maximum Gasteiger partial charge on any atom is 0.120 e. The number of phenols is 1. The lowest BCUT2D eigenvalue weighted by Crippen LogP contribution is -2.22. The standard InChI is InChI=1S/C16H21N3O/c1-10-3-4-13(20)16-12(9-11(2)15(10)16)17-6-5-14-18-7-8-19-14/h3-4,7-8,11-12,17,20H,5-6,9H2,1-2H3,(H,18,19). The Balaban J connectivity index is 1.73. The number of aryl methyl sites for hydroxylation is 1. The van der Waals surface area contributed by atoms with Crippen molar-refractivity contribution < 1.29 is 5.11 Å². The van der Waals surface area contributed by atoms with E-state index in [-0.39, 0.29) is 6.04 Å². The van der Waals surface area contributed by atoms with Crippen molar-refractivity contribution >= 4 is 0 Å². The molecular formula is C16H21N3O. The number of hydrogen-bond acceptors (Lipinski definition) is 3. The molecule has 2 unspecified atom stereocenters. The van der Waals surface area contributed by atoms with Gasteiger partial charge in [0.2, 0.25) is 0 Å². The van der Waals surface area contributed by atoms with Crippen LogP contribution < -0.4 is 5.32 Å². The molecule has 4 nitrogen and oxygen atoms in total. The topological polar surface area (TPSA) is 60.9 Å². The van der Waals surface area contributed by atoms with Crippen LogP contribution in [0.5, 0.6) is 5.75 Å². The summed E-state index contributed by atoms with van der Waals surface area (Å²) in [7, 11) is 0. The summed E-state index contributed by atoms with van der Waals surface area (Å²) in [5.41, 5.74) is 3.69. The van der Waals surface area contributed by atoms with E-state index in [0.717, 1.165) is 30.8 Å². The highest BCUT2D eigenvalue weighted by atomic mass is 16.3. The van der Waals surface area contributed by atoms with E-state index in [0.29, 0.717) is 11.7 Å². The fourth-order valence-corrected chi connectivity index (χ4v) is 3.33. The number of aromatic hydroxyl groups is 1. The number of fused-ring (bicyclic) bond motifs is 1.